The van der Waals surface area contributed by atoms with Crippen molar-refractivity contribution in [3.63, 3.8) is 0 Å². The van der Waals surface area contributed by atoms with Crippen LogP contribution in [0.3, 0.4) is 0 Å². The Morgan fingerprint density at radius 1 is 0.250 bits per heavy atom. The molecule has 0 fully saturated rings. The summed E-state index contributed by atoms with van der Waals surface area (Å²) in [7, 11) is 0. The summed E-state index contributed by atoms with van der Waals surface area (Å²) in [5.74, 6) is 4.94. The second kappa shape index (κ2) is 12.4. The summed E-state index contributed by atoms with van der Waals surface area (Å²) in [6.07, 6.45) is 0. The number of hydrogen-bond donors (Lipinski definition) is 0. The third-order valence-corrected chi connectivity index (χ3v) is 11.3. The second-order valence-corrected chi connectivity index (χ2v) is 13.7. The van der Waals surface area contributed by atoms with Crippen molar-refractivity contribution in [2.75, 3.05) is 0 Å². The topological polar surface area (TPSA) is 27.7 Å². The van der Waals surface area contributed by atoms with Crippen molar-refractivity contribution in [1.29, 1.82) is 0 Å². The summed E-state index contributed by atoms with van der Waals surface area (Å²) in [6, 6.07) is 55.1. The summed E-state index contributed by atoms with van der Waals surface area (Å²) in [6.45, 7) is 0. The van der Waals surface area contributed by atoms with Gasteiger partial charge >= 0.3 is 240 Å². The molecule has 194 valence electrons. The Labute approximate surface area is 239 Å². The third-order valence-electron chi connectivity index (χ3n) is 6.22. The molecule has 0 radical (unpaired) electrons. The maximum atomic E-state index is 6.05. The predicted molar refractivity (Wildman–Crippen MR) is 164 cm³/mol. The van der Waals surface area contributed by atoms with Crippen molar-refractivity contribution >= 4 is 27.7 Å². The van der Waals surface area contributed by atoms with Crippen LogP contribution in [-0.4, -0.2) is 14.7 Å². The Bertz CT molecular complexity index is 1420. The Morgan fingerprint density at radius 2 is 0.475 bits per heavy atom. The van der Waals surface area contributed by atoms with Crippen molar-refractivity contribution in [3.8, 4) is 34.5 Å². The van der Waals surface area contributed by atoms with E-state index < -0.39 is 14.7 Å². The molecule has 0 aliphatic heterocycles. The van der Waals surface area contributed by atoms with Crippen LogP contribution in [0.5, 0.6) is 34.5 Å². The summed E-state index contributed by atoms with van der Waals surface area (Å²) in [5.41, 5.74) is 0. The number of hydrogen-bond acceptors (Lipinski definition) is 3. The van der Waals surface area contributed by atoms with Gasteiger partial charge in [-0.2, -0.15) is 0 Å². The van der Waals surface area contributed by atoms with E-state index in [1.807, 2.05) is 91.0 Å². The molecule has 40 heavy (non-hydrogen) atoms. The molecule has 0 saturated carbocycles. The van der Waals surface area contributed by atoms with Gasteiger partial charge in [0.05, 0.1) is 0 Å². The van der Waals surface area contributed by atoms with Gasteiger partial charge in [-0.15, -0.1) is 0 Å². The van der Waals surface area contributed by atoms with E-state index in [2.05, 4.69) is 72.8 Å². The zero-order valence-corrected chi connectivity index (χ0v) is 23.6. The first-order valence-electron chi connectivity index (χ1n) is 13.1. The molecule has 6 aromatic rings. The van der Waals surface area contributed by atoms with Crippen LogP contribution >= 0.6 is 0 Å². The molecule has 0 amide bonds. The molecule has 0 aliphatic carbocycles. The quantitative estimate of drug-likeness (QED) is 0.165. The molecule has 6 rings (SSSR count). The van der Waals surface area contributed by atoms with E-state index >= 15 is 0 Å². The van der Waals surface area contributed by atoms with Crippen LogP contribution in [0.4, 0.5) is 0 Å². The van der Waals surface area contributed by atoms with Crippen LogP contribution in [0.25, 0.3) is 0 Å². The number of ether oxygens (including phenoxy) is 3. The molecule has 0 heterocycles. The number of benzene rings is 6. The van der Waals surface area contributed by atoms with E-state index in [9.17, 15) is 0 Å². The first-order valence-corrected chi connectivity index (χ1v) is 15.9. The molecule has 0 N–H and O–H groups in total. The van der Waals surface area contributed by atoms with Crippen molar-refractivity contribution in [2.45, 2.75) is 0 Å². The predicted octanol–water partition coefficient (Wildman–Crippen LogP) is 7.58. The van der Waals surface area contributed by atoms with E-state index in [0.29, 0.717) is 0 Å². The molecule has 0 atom stereocenters. The first kappa shape index (κ1) is 25.6. The molecule has 3 nitrogen and oxygen atoms in total. The standard InChI is InChI=1S/C36H27AsO3/c1-4-10-31(11-5-1)38-34-22-16-28(17-23-34)37(29-18-24-35(25-19-29)39-32-12-6-2-7-13-32)30-20-26-36(27-21-30)40-33-14-8-3-9-15-33/h1-27H. The normalized spacial score (nSPS) is 10.7. The average molecular weight is 583 g/mol. The van der Waals surface area contributed by atoms with Gasteiger partial charge in [0, 0.05) is 0 Å². The van der Waals surface area contributed by atoms with Crippen molar-refractivity contribution in [3.05, 3.63) is 164 Å². The van der Waals surface area contributed by atoms with Crippen molar-refractivity contribution in [1.82, 2.24) is 0 Å². The Kier molecular flexibility index (Phi) is 7.94. The summed E-state index contributed by atoms with van der Waals surface area (Å²) >= 11 is -1.88. The van der Waals surface area contributed by atoms with Gasteiger partial charge in [0.15, 0.2) is 0 Å². The fraction of sp³-hybridized carbons (Fsp3) is 0. The molecule has 4 heteroatoms. The van der Waals surface area contributed by atoms with E-state index in [1.54, 1.807) is 0 Å². The molecule has 0 bridgehead atoms. The van der Waals surface area contributed by atoms with Gasteiger partial charge in [-0.05, 0) is 0 Å². The maximum absolute atomic E-state index is 6.05. The number of rotatable bonds is 9. The van der Waals surface area contributed by atoms with Crippen LogP contribution in [0.1, 0.15) is 0 Å². The van der Waals surface area contributed by atoms with Crippen LogP contribution in [-0.2, 0) is 0 Å². The van der Waals surface area contributed by atoms with Gasteiger partial charge in [0.1, 0.15) is 0 Å². The molecule has 0 unspecified atom stereocenters. The second-order valence-electron chi connectivity index (χ2n) is 9.06. The SMILES string of the molecule is c1ccc(Oc2ccc([As](c3ccc(Oc4ccccc4)cc3)c3ccc(Oc4ccccc4)cc3)cc2)cc1. The van der Waals surface area contributed by atoms with E-state index in [4.69, 9.17) is 14.2 Å². The van der Waals surface area contributed by atoms with Crippen molar-refractivity contribution < 1.29 is 14.2 Å². The fourth-order valence-corrected chi connectivity index (χ4v) is 9.00. The molecule has 0 aromatic heterocycles. The van der Waals surface area contributed by atoms with Crippen LogP contribution in [0, 0.1) is 0 Å². The Morgan fingerprint density at radius 3 is 0.725 bits per heavy atom. The van der Waals surface area contributed by atoms with Crippen LogP contribution in [0.15, 0.2) is 164 Å². The van der Waals surface area contributed by atoms with Gasteiger partial charge in [-0.3, -0.25) is 0 Å². The fourth-order valence-electron chi connectivity index (χ4n) is 4.31. The van der Waals surface area contributed by atoms with Crippen molar-refractivity contribution in [2.24, 2.45) is 0 Å². The summed E-state index contributed by atoms with van der Waals surface area (Å²) in [5, 5.41) is 0. The molecule has 0 saturated heterocycles. The molecular weight excluding hydrogens is 555 g/mol. The summed E-state index contributed by atoms with van der Waals surface area (Å²) < 4.78 is 22.1. The Hall–Kier alpha value is -4.72. The molecule has 0 spiro atoms. The van der Waals surface area contributed by atoms with E-state index in [0.717, 1.165) is 34.5 Å². The minimum atomic E-state index is -1.88. The zero-order valence-electron chi connectivity index (χ0n) is 21.8. The zero-order chi connectivity index (χ0) is 27.0. The number of para-hydroxylation sites is 3. The minimum absolute atomic E-state index is 0.821. The van der Waals surface area contributed by atoms with Gasteiger partial charge in [0.25, 0.3) is 0 Å². The Balaban J connectivity index is 1.28. The monoisotopic (exact) mass is 582 g/mol. The van der Waals surface area contributed by atoms with Gasteiger partial charge in [0.2, 0.25) is 0 Å². The molecular formula is C36H27AsO3. The molecule has 6 aromatic carbocycles. The average Bonchev–Trinajstić information content (AvgIpc) is 3.01. The van der Waals surface area contributed by atoms with Gasteiger partial charge in [-0.1, -0.05) is 0 Å². The van der Waals surface area contributed by atoms with Crippen LogP contribution in [0.2, 0.25) is 0 Å². The van der Waals surface area contributed by atoms with Gasteiger partial charge in [-0.25, -0.2) is 0 Å². The third kappa shape index (κ3) is 6.46. The van der Waals surface area contributed by atoms with E-state index in [-0.39, 0.29) is 0 Å². The van der Waals surface area contributed by atoms with E-state index in [1.165, 1.54) is 13.1 Å². The van der Waals surface area contributed by atoms with Gasteiger partial charge < -0.3 is 0 Å². The first-order chi connectivity index (χ1) is 19.8. The summed E-state index contributed by atoms with van der Waals surface area (Å²) in [4.78, 5) is 0. The molecule has 0 aliphatic rings. The van der Waals surface area contributed by atoms with Crippen LogP contribution < -0.4 is 27.3 Å².